The maximum atomic E-state index is 12.6. The Kier molecular flexibility index (Phi) is 6.14. The van der Waals surface area contributed by atoms with E-state index < -0.39 is 10.0 Å². The molecule has 0 saturated carbocycles. The Labute approximate surface area is 171 Å². The number of nitrogens with one attached hydrogen (secondary N) is 2. The molecule has 0 aliphatic heterocycles. The first-order chi connectivity index (χ1) is 13.8. The quantitative estimate of drug-likeness (QED) is 0.580. The molecule has 0 bridgehead atoms. The number of hydrogen-bond donors (Lipinski definition) is 2. The molecular weight excluding hydrogens is 384 g/mol. The molecule has 3 rings (SSSR count). The van der Waals surface area contributed by atoms with Crippen molar-refractivity contribution in [3.05, 3.63) is 95.6 Å². The lowest BCUT2D eigenvalue weighted by atomic mass is 10.1. The topological polar surface area (TPSA) is 75.3 Å². The first-order valence-electron chi connectivity index (χ1n) is 9.08. The van der Waals surface area contributed by atoms with Gasteiger partial charge in [0.1, 0.15) is 0 Å². The second kappa shape index (κ2) is 8.75. The highest BCUT2D eigenvalue weighted by Crippen LogP contribution is 2.20. The fourth-order valence-corrected chi connectivity index (χ4v) is 3.71. The highest BCUT2D eigenvalue weighted by atomic mass is 32.2. The van der Waals surface area contributed by atoms with Crippen molar-refractivity contribution in [2.45, 2.75) is 18.7 Å². The molecule has 0 atom stereocenters. The molecule has 0 radical (unpaired) electrons. The Balaban J connectivity index is 1.66. The third kappa shape index (κ3) is 5.56. The smallest absolute Gasteiger partial charge is 0.261 e. The number of rotatable bonds is 6. The minimum absolute atomic E-state index is 0.119. The van der Waals surface area contributed by atoms with Crippen molar-refractivity contribution in [3.8, 4) is 0 Å². The summed E-state index contributed by atoms with van der Waals surface area (Å²) in [5.74, 6) is -0.294. The Morgan fingerprint density at radius 3 is 2.14 bits per heavy atom. The van der Waals surface area contributed by atoms with Crippen LogP contribution >= 0.6 is 0 Å². The zero-order valence-corrected chi connectivity index (χ0v) is 17.0. The van der Waals surface area contributed by atoms with Crippen molar-refractivity contribution >= 4 is 33.4 Å². The second-order valence-corrected chi connectivity index (χ2v) is 8.34. The van der Waals surface area contributed by atoms with E-state index in [4.69, 9.17) is 0 Å². The number of carbonyl (C=O) groups is 1. The predicted molar refractivity (Wildman–Crippen MR) is 117 cm³/mol. The molecular formula is C23H22N2O3S. The summed E-state index contributed by atoms with van der Waals surface area (Å²) in [4.78, 5) is 12.2. The minimum Gasteiger partial charge on any atom is -0.323 e. The van der Waals surface area contributed by atoms with Crippen molar-refractivity contribution in [3.63, 3.8) is 0 Å². The second-order valence-electron chi connectivity index (χ2n) is 6.66. The number of carbonyl (C=O) groups excluding carboxylic acids is 1. The first kappa shape index (κ1) is 20.4. The Bertz CT molecular complexity index is 1140. The lowest BCUT2D eigenvalue weighted by Crippen LogP contribution is -2.13. The van der Waals surface area contributed by atoms with Gasteiger partial charge in [-0.3, -0.25) is 9.52 Å². The highest BCUT2D eigenvalue weighted by Gasteiger charge is 2.14. The average Bonchev–Trinajstić information content (AvgIpc) is 2.70. The van der Waals surface area contributed by atoms with Gasteiger partial charge in [0, 0.05) is 17.5 Å². The molecule has 3 aromatic rings. The van der Waals surface area contributed by atoms with Crippen molar-refractivity contribution in [2.75, 3.05) is 10.0 Å². The normalized spacial score (nSPS) is 11.4. The summed E-state index contributed by atoms with van der Waals surface area (Å²) in [6.45, 7) is 3.90. The van der Waals surface area contributed by atoms with Gasteiger partial charge >= 0.3 is 0 Å². The molecule has 0 fully saturated rings. The molecule has 0 spiro atoms. The van der Waals surface area contributed by atoms with Crippen molar-refractivity contribution in [2.24, 2.45) is 0 Å². The molecule has 0 saturated heterocycles. The van der Waals surface area contributed by atoms with Crippen molar-refractivity contribution in [1.29, 1.82) is 0 Å². The fraction of sp³-hybridized carbons (Fsp3) is 0.0870. The predicted octanol–water partition coefficient (Wildman–Crippen LogP) is 4.76. The molecule has 0 aromatic heterocycles. The van der Waals surface area contributed by atoms with Gasteiger partial charge in [-0.2, -0.15) is 0 Å². The summed E-state index contributed by atoms with van der Waals surface area (Å²) in [6, 6.07) is 20.9. The lowest BCUT2D eigenvalue weighted by Gasteiger charge is -2.10. The third-order valence-corrected chi connectivity index (χ3v) is 5.82. The molecule has 2 N–H and O–H groups in total. The van der Waals surface area contributed by atoms with Crippen LogP contribution in [-0.2, 0) is 14.8 Å². The standard InChI is InChI=1S/C23H22N2O3S/c1-17-8-10-21(16-18(17)2)25-29(27,28)22-13-11-20(12-14-22)24-23(26)15-9-19-6-4-3-5-7-19/h3-16,25H,1-2H3,(H,24,26). The number of sulfonamides is 1. The van der Waals surface area contributed by atoms with Crippen molar-refractivity contribution in [1.82, 2.24) is 0 Å². The molecule has 148 valence electrons. The van der Waals surface area contributed by atoms with E-state index in [0.717, 1.165) is 16.7 Å². The fourth-order valence-electron chi connectivity index (χ4n) is 2.66. The summed E-state index contributed by atoms with van der Waals surface area (Å²) in [5.41, 5.74) is 4.04. The van der Waals surface area contributed by atoms with Crippen LogP contribution in [0.1, 0.15) is 16.7 Å². The molecule has 0 heterocycles. The van der Waals surface area contributed by atoms with Gasteiger partial charge in [0.2, 0.25) is 5.91 Å². The van der Waals surface area contributed by atoms with Gasteiger partial charge < -0.3 is 5.32 Å². The Hall–Kier alpha value is -3.38. The zero-order valence-electron chi connectivity index (χ0n) is 16.2. The van der Waals surface area contributed by atoms with Crippen LogP contribution in [0.2, 0.25) is 0 Å². The monoisotopic (exact) mass is 406 g/mol. The van der Waals surface area contributed by atoms with Crippen molar-refractivity contribution < 1.29 is 13.2 Å². The van der Waals surface area contributed by atoms with Crippen LogP contribution < -0.4 is 10.0 Å². The lowest BCUT2D eigenvalue weighted by molar-refractivity contribution is -0.111. The molecule has 0 aliphatic carbocycles. The molecule has 0 aliphatic rings. The molecule has 5 nitrogen and oxygen atoms in total. The van der Waals surface area contributed by atoms with E-state index >= 15 is 0 Å². The van der Waals surface area contributed by atoms with Crippen LogP contribution in [0.5, 0.6) is 0 Å². The van der Waals surface area contributed by atoms with Gasteiger partial charge in [0.25, 0.3) is 10.0 Å². The highest BCUT2D eigenvalue weighted by molar-refractivity contribution is 7.92. The maximum absolute atomic E-state index is 12.6. The molecule has 1 amide bonds. The summed E-state index contributed by atoms with van der Waals surface area (Å²) in [6.07, 6.45) is 3.14. The Morgan fingerprint density at radius 1 is 0.828 bits per heavy atom. The van der Waals surface area contributed by atoms with Gasteiger partial charge in [-0.05, 0) is 73.0 Å². The van der Waals surface area contributed by atoms with Gasteiger partial charge in [-0.1, -0.05) is 36.4 Å². The average molecular weight is 407 g/mol. The molecule has 3 aromatic carbocycles. The number of anilines is 2. The van der Waals surface area contributed by atoms with Gasteiger partial charge in [0.05, 0.1) is 4.90 Å². The third-order valence-electron chi connectivity index (χ3n) is 4.42. The van der Waals surface area contributed by atoms with Crippen LogP contribution in [0.25, 0.3) is 6.08 Å². The maximum Gasteiger partial charge on any atom is 0.261 e. The van der Waals surface area contributed by atoms with Gasteiger partial charge in [-0.15, -0.1) is 0 Å². The Morgan fingerprint density at radius 2 is 1.48 bits per heavy atom. The number of benzene rings is 3. The summed E-state index contributed by atoms with van der Waals surface area (Å²) >= 11 is 0. The first-order valence-corrected chi connectivity index (χ1v) is 10.6. The zero-order chi connectivity index (χ0) is 20.9. The van der Waals surface area contributed by atoms with E-state index in [0.29, 0.717) is 11.4 Å². The molecule has 29 heavy (non-hydrogen) atoms. The van der Waals surface area contributed by atoms with E-state index in [1.165, 1.54) is 18.2 Å². The number of hydrogen-bond acceptors (Lipinski definition) is 3. The van der Waals surface area contributed by atoms with Gasteiger partial charge in [-0.25, -0.2) is 8.42 Å². The molecule has 0 unspecified atom stereocenters. The van der Waals surface area contributed by atoms with Crippen LogP contribution in [-0.4, -0.2) is 14.3 Å². The van der Waals surface area contributed by atoms with Crippen LogP contribution in [0, 0.1) is 13.8 Å². The summed E-state index contributed by atoms with van der Waals surface area (Å²) < 4.78 is 27.7. The minimum atomic E-state index is -3.71. The number of aryl methyl sites for hydroxylation is 2. The van der Waals surface area contributed by atoms with Crippen LogP contribution in [0.3, 0.4) is 0 Å². The van der Waals surface area contributed by atoms with E-state index in [-0.39, 0.29) is 10.8 Å². The van der Waals surface area contributed by atoms with E-state index in [2.05, 4.69) is 10.0 Å². The van der Waals surface area contributed by atoms with E-state index in [1.807, 2.05) is 50.2 Å². The largest absolute Gasteiger partial charge is 0.323 e. The van der Waals surface area contributed by atoms with E-state index in [1.54, 1.807) is 30.3 Å². The number of amides is 1. The van der Waals surface area contributed by atoms with Gasteiger partial charge in [0.15, 0.2) is 0 Å². The molecule has 6 heteroatoms. The van der Waals surface area contributed by atoms with Crippen LogP contribution in [0.15, 0.2) is 83.8 Å². The van der Waals surface area contributed by atoms with E-state index in [9.17, 15) is 13.2 Å². The summed E-state index contributed by atoms with van der Waals surface area (Å²) in [7, 11) is -3.71. The summed E-state index contributed by atoms with van der Waals surface area (Å²) in [5, 5.41) is 2.71. The van der Waals surface area contributed by atoms with Crippen LogP contribution in [0.4, 0.5) is 11.4 Å². The SMILES string of the molecule is Cc1ccc(NS(=O)(=O)c2ccc(NC(=O)C=Cc3ccccc3)cc2)cc1C.